The minimum absolute atomic E-state index is 0.104. The number of hydrogen-bond acceptors (Lipinski definition) is 5. The Bertz CT molecular complexity index is 488. The summed E-state index contributed by atoms with van der Waals surface area (Å²) < 4.78 is 0. The predicted molar refractivity (Wildman–Crippen MR) is 73.3 cm³/mol. The van der Waals surface area contributed by atoms with Crippen molar-refractivity contribution in [3.8, 4) is 0 Å². The van der Waals surface area contributed by atoms with Gasteiger partial charge < -0.3 is 5.32 Å². The topological polar surface area (TPSA) is 42.0 Å². The fourth-order valence-corrected chi connectivity index (χ4v) is 2.79. The third-order valence-electron chi connectivity index (χ3n) is 2.34. The van der Waals surface area contributed by atoms with E-state index in [1.807, 2.05) is 23.0 Å². The van der Waals surface area contributed by atoms with Crippen molar-refractivity contribution in [1.29, 1.82) is 0 Å². The Hall–Kier alpha value is -1.20. The molecule has 5 heteroatoms. The van der Waals surface area contributed by atoms with Crippen molar-refractivity contribution in [3.05, 3.63) is 33.5 Å². The first kappa shape index (κ1) is 12.3. The maximum Gasteiger partial charge on any atom is 0.183 e. The lowest BCUT2D eigenvalue weighted by molar-refractivity contribution is 0.101. The fourth-order valence-electron chi connectivity index (χ4n) is 1.32. The summed E-state index contributed by atoms with van der Waals surface area (Å²) in [5.41, 5.74) is 0.767. The second kappa shape index (κ2) is 5.42. The van der Waals surface area contributed by atoms with Crippen LogP contribution in [0.4, 0.5) is 5.13 Å². The van der Waals surface area contributed by atoms with Gasteiger partial charge in [0.15, 0.2) is 10.9 Å². The molecule has 0 radical (unpaired) electrons. The molecule has 2 rings (SSSR count). The van der Waals surface area contributed by atoms with Crippen LogP contribution in [0.3, 0.4) is 0 Å². The summed E-state index contributed by atoms with van der Waals surface area (Å²) in [4.78, 5) is 17.2. The molecule has 0 fully saturated rings. The number of hydrogen-bond donors (Lipinski definition) is 1. The Morgan fingerprint density at radius 1 is 1.53 bits per heavy atom. The van der Waals surface area contributed by atoms with E-state index in [1.54, 1.807) is 11.3 Å². The van der Waals surface area contributed by atoms with E-state index in [4.69, 9.17) is 0 Å². The first-order chi connectivity index (χ1) is 8.16. The third kappa shape index (κ3) is 3.14. The molecule has 2 aromatic heterocycles. The Labute approximate surface area is 109 Å². The quantitative estimate of drug-likeness (QED) is 0.840. The third-order valence-corrected chi connectivity index (χ3v) is 4.27. The molecule has 2 aromatic rings. The van der Waals surface area contributed by atoms with E-state index in [0.29, 0.717) is 12.5 Å². The van der Waals surface area contributed by atoms with E-state index in [2.05, 4.69) is 24.1 Å². The lowest BCUT2D eigenvalue weighted by atomic mass is 10.2. The molecule has 90 valence electrons. The van der Waals surface area contributed by atoms with E-state index in [-0.39, 0.29) is 5.78 Å². The number of thiophene rings is 1. The molecule has 1 N–H and O–H groups in total. The highest BCUT2D eigenvalue weighted by Gasteiger charge is 2.08. The van der Waals surface area contributed by atoms with Crippen molar-refractivity contribution in [1.82, 2.24) is 4.98 Å². The van der Waals surface area contributed by atoms with Crippen LogP contribution in [0.15, 0.2) is 23.0 Å². The van der Waals surface area contributed by atoms with Crippen LogP contribution in [0.1, 0.15) is 35.0 Å². The zero-order chi connectivity index (χ0) is 12.3. The highest BCUT2D eigenvalue weighted by molar-refractivity contribution is 7.15. The van der Waals surface area contributed by atoms with Crippen molar-refractivity contribution < 1.29 is 4.79 Å². The van der Waals surface area contributed by atoms with Gasteiger partial charge in [-0.3, -0.25) is 4.79 Å². The summed E-state index contributed by atoms with van der Waals surface area (Å²) >= 11 is 3.14. The molecule has 0 spiro atoms. The summed E-state index contributed by atoms with van der Waals surface area (Å²) in [5, 5.41) is 7.66. The van der Waals surface area contributed by atoms with E-state index in [0.717, 1.165) is 10.7 Å². The van der Waals surface area contributed by atoms with Gasteiger partial charge in [-0.2, -0.15) is 11.3 Å². The molecule has 0 unspecified atom stereocenters. The van der Waals surface area contributed by atoms with E-state index >= 15 is 0 Å². The lowest BCUT2D eigenvalue weighted by Gasteiger charge is -2.00. The van der Waals surface area contributed by atoms with Crippen molar-refractivity contribution in [3.63, 3.8) is 0 Å². The number of rotatable bonds is 5. The van der Waals surface area contributed by atoms with Crippen LogP contribution in [-0.4, -0.2) is 17.3 Å². The summed E-state index contributed by atoms with van der Waals surface area (Å²) in [5.74, 6) is 0.586. The molecule has 0 saturated heterocycles. The molecule has 2 heterocycles. The molecule has 0 aromatic carbocycles. The number of carbonyl (C=O) groups is 1. The van der Waals surface area contributed by atoms with Gasteiger partial charge in [-0.25, -0.2) is 4.98 Å². The average Bonchev–Trinajstić information content (AvgIpc) is 2.97. The van der Waals surface area contributed by atoms with Crippen molar-refractivity contribution >= 4 is 33.6 Å². The smallest absolute Gasteiger partial charge is 0.183 e. The Morgan fingerprint density at radius 3 is 2.94 bits per heavy atom. The lowest BCUT2D eigenvalue weighted by Crippen LogP contribution is -2.12. The molecule has 3 nitrogen and oxygen atoms in total. The molecule has 17 heavy (non-hydrogen) atoms. The zero-order valence-electron chi connectivity index (χ0n) is 9.77. The second-order valence-electron chi connectivity index (χ2n) is 4.01. The molecule has 0 aliphatic heterocycles. The second-order valence-corrected chi connectivity index (χ2v) is 5.85. The van der Waals surface area contributed by atoms with Gasteiger partial charge in [-0.15, -0.1) is 11.3 Å². The zero-order valence-corrected chi connectivity index (χ0v) is 11.4. The van der Waals surface area contributed by atoms with E-state index in [9.17, 15) is 4.79 Å². The van der Waals surface area contributed by atoms with Crippen LogP contribution in [0.5, 0.6) is 0 Å². The summed E-state index contributed by atoms with van der Waals surface area (Å²) in [7, 11) is 0. The molecule has 0 aliphatic carbocycles. The number of thiazole rings is 1. The Kier molecular flexibility index (Phi) is 3.91. The van der Waals surface area contributed by atoms with Crippen molar-refractivity contribution in [2.75, 3.05) is 11.9 Å². The van der Waals surface area contributed by atoms with Crippen molar-refractivity contribution in [2.24, 2.45) is 0 Å². The molecule has 0 amide bonds. The standard InChI is InChI=1S/C12H14N2OS2/c1-8(2)11-6-14-12(17-11)13-5-10(15)9-3-4-16-7-9/h3-4,6-8H,5H2,1-2H3,(H,13,14). The summed E-state index contributed by atoms with van der Waals surface area (Å²) in [6, 6.07) is 1.84. The number of nitrogens with zero attached hydrogens (tertiary/aromatic N) is 1. The minimum atomic E-state index is 0.104. The largest absolute Gasteiger partial charge is 0.354 e. The first-order valence-electron chi connectivity index (χ1n) is 5.42. The van der Waals surface area contributed by atoms with Crippen LogP contribution < -0.4 is 5.32 Å². The highest BCUT2D eigenvalue weighted by atomic mass is 32.1. The summed E-state index contributed by atoms with van der Waals surface area (Å²) in [6.07, 6.45) is 1.87. The van der Waals surface area contributed by atoms with Gasteiger partial charge >= 0.3 is 0 Å². The molecule has 0 atom stereocenters. The fraction of sp³-hybridized carbons (Fsp3) is 0.333. The number of anilines is 1. The van der Waals surface area contributed by atoms with Crippen molar-refractivity contribution in [2.45, 2.75) is 19.8 Å². The molecule has 0 aliphatic rings. The molecular formula is C12H14N2OS2. The molecular weight excluding hydrogens is 252 g/mol. The maximum absolute atomic E-state index is 11.7. The number of aromatic nitrogens is 1. The van der Waals surface area contributed by atoms with Crippen LogP contribution in [0.25, 0.3) is 0 Å². The van der Waals surface area contributed by atoms with E-state index < -0.39 is 0 Å². The van der Waals surface area contributed by atoms with Gasteiger partial charge in [0, 0.05) is 22.0 Å². The first-order valence-corrected chi connectivity index (χ1v) is 7.17. The van der Waals surface area contributed by atoms with Crippen LogP contribution in [0.2, 0.25) is 0 Å². The molecule has 0 bridgehead atoms. The highest BCUT2D eigenvalue weighted by Crippen LogP contribution is 2.24. The number of nitrogens with one attached hydrogen (secondary N) is 1. The molecule has 0 saturated carbocycles. The van der Waals surface area contributed by atoms with E-state index in [1.165, 1.54) is 16.2 Å². The Morgan fingerprint density at radius 2 is 2.35 bits per heavy atom. The van der Waals surface area contributed by atoms with Gasteiger partial charge in [0.05, 0.1) is 6.54 Å². The van der Waals surface area contributed by atoms with Gasteiger partial charge in [0.1, 0.15) is 0 Å². The van der Waals surface area contributed by atoms with Gasteiger partial charge in [0.25, 0.3) is 0 Å². The van der Waals surface area contributed by atoms with Crippen LogP contribution >= 0.6 is 22.7 Å². The number of ketones is 1. The SMILES string of the molecule is CC(C)c1cnc(NCC(=O)c2ccsc2)s1. The minimum Gasteiger partial charge on any atom is -0.354 e. The van der Waals surface area contributed by atoms with Crippen LogP contribution in [0, 0.1) is 0 Å². The van der Waals surface area contributed by atoms with Gasteiger partial charge in [-0.05, 0) is 17.4 Å². The van der Waals surface area contributed by atoms with Gasteiger partial charge in [0.2, 0.25) is 0 Å². The monoisotopic (exact) mass is 266 g/mol. The maximum atomic E-state index is 11.7. The normalized spacial score (nSPS) is 10.8. The van der Waals surface area contributed by atoms with Crippen LogP contribution in [-0.2, 0) is 0 Å². The number of Topliss-reactive ketones (excluding diaryl/α,β-unsaturated/α-hetero) is 1. The number of carbonyl (C=O) groups excluding carboxylic acids is 1. The predicted octanol–water partition coefficient (Wildman–Crippen LogP) is 3.62. The van der Waals surface area contributed by atoms with Gasteiger partial charge in [-0.1, -0.05) is 13.8 Å². The average molecular weight is 266 g/mol. The Balaban J connectivity index is 1.91. The summed E-state index contributed by atoms with van der Waals surface area (Å²) in [6.45, 7) is 4.57.